The van der Waals surface area contributed by atoms with Crippen LogP contribution in [0.4, 0.5) is 0 Å². The molecule has 3 heteroatoms. The molecule has 1 aromatic rings. The van der Waals surface area contributed by atoms with Crippen molar-refractivity contribution in [1.82, 2.24) is 0 Å². The van der Waals surface area contributed by atoms with Crippen LogP contribution in [0.3, 0.4) is 0 Å². The lowest BCUT2D eigenvalue weighted by Gasteiger charge is -2.01. The Labute approximate surface area is 82.0 Å². The number of carbonyl (C=O) groups excluding carboxylic acids is 1. The van der Waals surface area contributed by atoms with Crippen molar-refractivity contribution < 1.29 is 4.79 Å². The Kier molecular flexibility index (Phi) is 3.20. The van der Waals surface area contributed by atoms with E-state index in [1.54, 1.807) is 24.3 Å². The van der Waals surface area contributed by atoms with Gasteiger partial charge in [0.1, 0.15) is 5.78 Å². The molecule has 1 aromatic carbocycles. The van der Waals surface area contributed by atoms with Gasteiger partial charge >= 0.3 is 0 Å². The summed E-state index contributed by atoms with van der Waals surface area (Å²) in [7, 11) is 0. The normalized spacial score (nSPS) is 9.69. The lowest BCUT2D eigenvalue weighted by Crippen LogP contribution is -2.04. The van der Waals surface area contributed by atoms with Gasteiger partial charge < -0.3 is 5.41 Å². The molecule has 0 amide bonds. The van der Waals surface area contributed by atoms with Crippen LogP contribution in [0.1, 0.15) is 18.9 Å². The summed E-state index contributed by atoms with van der Waals surface area (Å²) >= 11 is 5.74. The Morgan fingerprint density at radius 3 is 2.77 bits per heavy atom. The molecule has 2 nitrogen and oxygen atoms in total. The third-order valence-electron chi connectivity index (χ3n) is 1.60. The second-order valence-electron chi connectivity index (χ2n) is 2.87. The van der Waals surface area contributed by atoms with Crippen molar-refractivity contribution in [1.29, 1.82) is 5.41 Å². The summed E-state index contributed by atoms with van der Waals surface area (Å²) in [6, 6.07) is 6.97. The molecular formula is C10H10ClNO. The molecule has 1 rings (SSSR count). The van der Waals surface area contributed by atoms with Gasteiger partial charge in [-0.25, -0.2) is 0 Å². The Morgan fingerprint density at radius 1 is 1.54 bits per heavy atom. The standard InChI is InChI=1S/C10H10ClNO/c1-7(13)5-10(12)8-3-2-4-9(11)6-8/h2-4,6,12H,5H2,1H3. The van der Waals surface area contributed by atoms with E-state index in [9.17, 15) is 4.79 Å². The summed E-state index contributed by atoms with van der Waals surface area (Å²) in [5, 5.41) is 8.17. The Bertz CT molecular complexity index is 347. The fourth-order valence-corrected chi connectivity index (χ4v) is 1.22. The minimum absolute atomic E-state index is 0.00928. The van der Waals surface area contributed by atoms with Gasteiger partial charge in [-0.2, -0.15) is 0 Å². The van der Waals surface area contributed by atoms with Crippen molar-refractivity contribution in [3.63, 3.8) is 0 Å². The van der Waals surface area contributed by atoms with E-state index in [4.69, 9.17) is 17.0 Å². The van der Waals surface area contributed by atoms with Crippen LogP contribution in [-0.4, -0.2) is 11.5 Å². The van der Waals surface area contributed by atoms with Gasteiger partial charge in [-0.05, 0) is 24.6 Å². The van der Waals surface area contributed by atoms with Crippen LogP contribution in [0.25, 0.3) is 0 Å². The fraction of sp³-hybridized carbons (Fsp3) is 0.200. The molecular weight excluding hydrogens is 186 g/mol. The molecule has 0 bridgehead atoms. The molecule has 0 unspecified atom stereocenters. The number of carbonyl (C=O) groups is 1. The van der Waals surface area contributed by atoms with Gasteiger partial charge in [-0.15, -0.1) is 0 Å². The van der Waals surface area contributed by atoms with E-state index >= 15 is 0 Å². The third kappa shape index (κ3) is 2.99. The van der Waals surface area contributed by atoms with Gasteiger partial charge in [0.25, 0.3) is 0 Å². The van der Waals surface area contributed by atoms with E-state index in [1.807, 2.05) is 0 Å². The maximum atomic E-state index is 10.7. The Morgan fingerprint density at radius 2 is 2.23 bits per heavy atom. The summed E-state index contributed by atoms with van der Waals surface area (Å²) in [4.78, 5) is 10.7. The molecule has 0 saturated carbocycles. The number of halogens is 1. The van der Waals surface area contributed by atoms with Crippen LogP contribution in [0.2, 0.25) is 5.02 Å². The van der Waals surface area contributed by atoms with E-state index in [2.05, 4.69) is 0 Å². The van der Waals surface area contributed by atoms with Crippen molar-refractivity contribution in [2.75, 3.05) is 0 Å². The lowest BCUT2D eigenvalue weighted by atomic mass is 10.1. The van der Waals surface area contributed by atoms with Crippen LogP contribution >= 0.6 is 11.6 Å². The molecule has 0 aliphatic heterocycles. The smallest absolute Gasteiger partial charge is 0.135 e. The van der Waals surface area contributed by atoms with Crippen molar-refractivity contribution >= 4 is 23.1 Å². The summed E-state index contributed by atoms with van der Waals surface area (Å²) in [5.74, 6) is -0.00928. The summed E-state index contributed by atoms with van der Waals surface area (Å²) in [6.07, 6.45) is 0.167. The number of benzene rings is 1. The molecule has 0 radical (unpaired) electrons. The quantitative estimate of drug-likeness (QED) is 0.741. The highest BCUT2D eigenvalue weighted by Gasteiger charge is 2.04. The first-order valence-corrected chi connectivity index (χ1v) is 4.30. The first-order chi connectivity index (χ1) is 6.09. The van der Waals surface area contributed by atoms with Crippen molar-refractivity contribution in [3.8, 4) is 0 Å². The predicted molar refractivity (Wildman–Crippen MR) is 53.6 cm³/mol. The van der Waals surface area contributed by atoms with Crippen molar-refractivity contribution in [2.45, 2.75) is 13.3 Å². The number of hydrogen-bond donors (Lipinski definition) is 1. The SMILES string of the molecule is CC(=O)CC(=N)c1cccc(Cl)c1. The predicted octanol–water partition coefficient (Wildman–Crippen LogP) is 2.69. The lowest BCUT2D eigenvalue weighted by molar-refractivity contribution is -0.115. The molecule has 68 valence electrons. The number of nitrogens with one attached hydrogen (secondary N) is 1. The van der Waals surface area contributed by atoms with E-state index in [1.165, 1.54) is 6.92 Å². The molecule has 0 heterocycles. The number of Topliss-reactive ketones (excluding diaryl/α,β-unsaturated/α-hetero) is 1. The topological polar surface area (TPSA) is 40.9 Å². The number of rotatable bonds is 3. The second-order valence-corrected chi connectivity index (χ2v) is 3.30. The third-order valence-corrected chi connectivity index (χ3v) is 1.83. The monoisotopic (exact) mass is 195 g/mol. The molecule has 0 aliphatic rings. The Balaban J connectivity index is 2.83. The summed E-state index contributed by atoms with van der Waals surface area (Å²) in [6.45, 7) is 1.47. The second kappa shape index (κ2) is 4.19. The summed E-state index contributed by atoms with van der Waals surface area (Å²) < 4.78 is 0. The van der Waals surface area contributed by atoms with Gasteiger partial charge in [0.2, 0.25) is 0 Å². The average Bonchev–Trinajstić information content (AvgIpc) is 2.03. The molecule has 0 atom stereocenters. The average molecular weight is 196 g/mol. The van der Waals surface area contributed by atoms with Crippen molar-refractivity contribution in [2.24, 2.45) is 0 Å². The molecule has 0 aliphatic carbocycles. The molecule has 0 spiro atoms. The maximum absolute atomic E-state index is 10.7. The number of hydrogen-bond acceptors (Lipinski definition) is 2. The van der Waals surface area contributed by atoms with Crippen LogP contribution in [-0.2, 0) is 4.79 Å². The van der Waals surface area contributed by atoms with E-state index < -0.39 is 0 Å². The Hall–Kier alpha value is -1.15. The molecule has 0 saturated heterocycles. The highest BCUT2D eigenvalue weighted by atomic mass is 35.5. The van der Waals surface area contributed by atoms with Gasteiger partial charge in [0.05, 0.1) is 0 Å². The zero-order chi connectivity index (χ0) is 9.84. The minimum Gasteiger partial charge on any atom is -0.304 e. The largest absolute Gasteiger partial charge is 0.304 e. The molecule has 0 aromatic heterocycles. The highest BCUT2D eigenvalue weighted by molar-refractivity contribution is 6.31. The zero-order valence-electron chi connectivity index (χ0n) is 7.30. The van der Waals surface area contributed by atoms with E-state index in [0.29, 0.717) is 16.3 Å². The van der Waals surface area contributed by atoms with Crippen molar-refractivity contribution in [3.05, 3.63) is 34.9 Å². The minimum atomic E-state index is -0.00928. The van der Waals surface area contributed by atoms with Gasteiger partial charge in [0.15, 0.2) is 0 Å². The van der Waals surface area contributed by atoms with Gasteiger partial charge in [-0.1, -0.05) is 23.7 Å². The van der Waals surface area contributed by atoms with E-state index in [-0.39, 0.29) is 12.2 Å². The maximum Gasteiger partial charge on any atom is 0.135 e. The summed E-state index contributed by atoms with van der Waals surface area (Å²) in [5.41, 5.74) is 1.03. The molecule has 0 fully saturated rings. The fourth-order valence-electron chi connectivity index (χ4n) is 1.03. The first kappa shape index (κ1) is 9.93. The van der Waals surface area contributed by atoms with E-state index in [0.717, 1.165) is 0 Å². The zero-order valence-corrected chi connectivity index (χ0v) is 8.06. The number of ketones is 1. The first-order valence-electron chi connectivity index (χ1n) is 3.92. The highest BCUT2D eigenvalue weighted by Crippen LogP contribution is 2.12. The molecule has 13 heavy (non-hydrogen) atoms. The molecule has 1 N–H and O–H groups in total. The van der Waals surface area contributed by atoms with Crippen LogP contribution in [0, 0.1) is 5.41 Å². The van der Waals surface area contributed by atoms with Crippen LogP contribution < -0.4 is 0 Å². The van der Waals surface area contributed by atoms with Crippen LogP contribution in [0.5, 0.6) is 0 Å². The van der Waals surface area contributed by atoms with Crippen LogP contribution in [0.15, 0.2) is 24.3 Å². The van der Waals surface area contributed by atoms with Gasteiger partial charge in [0, 0.05) is 17.2 Å². The van der Waals surface area contributed by atoms with Gasteiger partial charge in [-0.3, -0.25) is 4.79 Å².